The molecule has 4 aliphatic carbocycles. The molecule has 18 rings (SSSR count). The molecule has 0 fully saturated rings. The molecule has 4 aliphatic rings. The van der Waals surface area contributed by atoms with E-state index in [1.165, 1.54) is 77.9 Å². The van der Waals surface area contributed by atoms with E-state index in [1.807, 2.05) is 0 Å². The number of rotatable bonds is 6. The van der Waals surface area contributed by atoms with Crippen molar-refractivity contribution in [3.63, 3.8) is 0 Å². The lowest BCUT2D eigenvalue weighted by Gasteiger charge is -2.36. The van der Waals surface area contributed by atoms with Crippen molar-refractivity contribution in [2.45, 2.75) is 10.8 Å². The molecule has 0 N–H and O–H groups in total. The number of furan rings is 2. The molecule has 0 amide bonds. The Hall–Kier alpha value is -10.4. The molecule has 4 heteroatoms. The molecule has 0 saturated carbocycles. The summed E-state index contributed by atoms with van der Waals surface area (Å²) in [7, 11) is 0. The van der Waals surface area contributed by atoms with Crippen molar-refractivity contribution < 1.29 is 8.83 Å². The summed E-state index contributed by atoms with van der Waals surface area (Å²) in [6.45, 7) is 0. The quantitative estimate of drug-likeness (QED) is 0.166. The number of hydrogen-bond acceptors (Lipinski definition) is 4. The van der Waals surface area contributed by atoms with Gasteiger partial charge in [0.2, 0.25) is 0 Å². The maximum Gasteiger partial charge on any atom is 0.136 e. The van der Waals surface area contributed by atoms with Gasteiger partial charge in [0.15, 0.2) is 0 Å². The molecule has 0 radical (unpaired) electrons. The van der Waals surface area contributed by atoms with Crippen LogP contribution >= 0.6 is 0 Å². The Labute approximate surface area is 462 Å². The molecule has 12 aromatic carbocycles. The fraction of sp³-hybridized carbons (Fsp3) is 0.0263. The van der Waals surface area contributed by atoms with Crippen LogP contribution in [0.2, 0.25) is 0 Å². The first-order chi connectivity index (χ1) is 39.7. The van der Waals surface area contributed by atoms with Crippen molar-refractivity contribution in [3.05, 3.63) is 324 Å². The molecule has 14 aromatic rings. The van der Waals surface area contributed by atoms with Crippen molar-refractivity contribution in [3.8, 4) is 22.3 Å². The minimum Gasteiger partial charge on any atom is -0.456 e. The largest absolute Gasteiger partial charge is 0.456 e. The summed E-state index contributed by atoms with van der Waals surface area (Å²) in [4.78, 5) is 4.84. The van der Waals surface area contributed by atoms with Crippen molar-refractivity contribution >= 4 is 89.1 Å². The van der Waals surface area contributed by atoms with Gasteiger partial charge in [-0.15, -0.1) is 0 Å². The molecule has 2 atom stereocenters. The highest BCUT2D eigenvalue weighted by molar-refractivity contribution is 6.25. The van der Waals surface area contributed by atoms with E-state index in [0.717, 1.165) is 78.0 Å². The zero-order valence-corrected chi connectivity index (χ0v) is 43.3. The average molecular weight is 1020 g/mol. The van der Waals surface area contributed by atoms with Crippen LogP contribution in [0.15, 0.2) is 288 Å². The van der Waals surface area contributed by atoms with E-state index in [2.05, 4.69) is 289 Å². The van der Waals surface area contributed by atoms with Gasteiger partial charge < -0.3 is 18.6 Å². The van der Waals surface area contributed by atoms with Crippen molar-refractivity contribution in [1.29, 1.82) is 0 Å². The zero-order valence-electron chi connectivity index (χ0n) is 43.3. The Bertz CT molecular complexity index is 4570. The third-order valence-corrected chi connectivity index (χ3v) is 18.0. The van der Waals surface area contributed by atoms with Gasteiger partial charge in [-0.2, -0.15) is 0 Å². The fourth-order valence-corrected chi connectivity index (χ4v) is 15.2. The first-order valence-electron chi connectivity index (χ1n) is 27.7. The summed E-state index contributed by atoms with van der Waals surface area (Å²) < 4.78 is 13.6. The molecule has 2 aromatic heterocycles. The van der Waals surface area contributed by atoms with Crippen LogP contribution in [-0.4, -0.2) is 0 Å². The van der Waals surface area contributed by atoms with Crippen molar-refractivity contribution in [1.82, 2.24) is 0 Å². The second-order valence-corrected chi connectivity index (χ2v) is 21.7. The first kappa shape index (κ1) is 43.7. The van der Waals surface area contributed by atoms with Crippen LogP contribution in [0.3, 0.4) is 0 Å². The Morgan fingerprint density at radius 2 is 0.562 bits per heavy atom. The highest BCUT2D eigenvalue weighted by Crippen LogP contribution is 2.76. The summed E-state index contributed by atoms with van der Waals surface area (Å²) in [5, 5.41) is 4.55. The van der Waals surface area contributed by atoms with E-state index in [9.17, 15) is 0 Å². The Kier molecular flexibility index (Phi) is 8.77. The molecule has 372 valence electrons. The van der Waals surface area contributed by atoms with Gasteiger partial charge in [0.05, 0.1) is 10.8 Å². The van der Waals surface area contributed by atoms with E-state index >= 15 is 0 Å². The van der Waals surface area contributed by atoms with Gasteiger partial charge in [-0.25, -0.2) is 0 Å². The minimum atomic E-state index is -0.780. The highest BCUT2D eigenvalue weighted by atomic mass is 16.3. The summed E-state index contributed by atoms with van der Waals surface area (Å²) >= 11 is 0. The fourth-order valence-electron chi connectivity index (χ4n) is 15.2. The second kappa shape index (κ2) is 16.1. The van der Waals surface area contributed by atoms with Gasteiger partial charge in [0, 0.05) is 55.7 Å². The molecule has 2 spiro atoms. The lowest BCUT2D eigenvalue weighted by Crippen LogP contribution is -2.28. The van der Waals surface area contributed by atoms with E-state index in [1.54, 1.807) is 0 Å². The molecule has 4 nitrogen and oxygen atoms in total. The molecule has 2 unspecified atom stereocenters. The monoisotopic (exact) mass is 1020 g/mol. The predicted octanol–water partition coefficient (Wildman–Crippen LogP) is 20.0. The molecule has 0 aliphatic heterocycles. The first-order valence-corrected chi connectivity index (χ1v) is 27.7. The number of allylic oxidation sites excluding steroid dienone is 2. The summed E-state index contributed by atoms with van der Waals surface area (Å²) in [6, 6.07) is 103. The summed E-state index contributed by atoms with van der Waals surface area (Å²) in [5.74, 6) is 0. The maximum atomic E-state index is 6.79. The number of benzene rings is 12. The maximum absolute atomic E-state index is 6.79. The lowest BCUT2D eigenvalue weighted by atomic mass is 9.66. The number of nitrogens with zero attached hydrogens (tertiary/aromatic N) is 2. The van der Waals surface area contributed by atoms with Crippen LogP contribution in [0.4, 0.5) is 34.1 Å². The molecule has 0 saturated heterocycles. The van der Waals surface area contributed by atoms with E-state index in [-0.39, 0.29) is 0 Å². The van der Waals surface area contributed by atoms with Gasteiger partial charge in [0.1, 0.15) is 22.3 Å². The van der Waals surface area contributed by atoms with E-state index < -0.39 is 10.8 Å². The van der Waals surface area contributed by atoms with Crippen LogP contribution in [0.25, 0.3) is 77.3 Å². The van der Waals surface area contributed by atoms with Crippen LogP contribution in [0.5, 0.6) is 0 Å². The molecule has 0 bridgehead atoms. The Morgan fingerprint density at radius 1 is 0.237 bits per heavy atom. The number of anilines is 6. The Balaban J connectivity index is 1.04. The SMILES string of the molecule is c1ccc(N(c2ccccc2)c2ccc3c(c2)C2=C(c4cc(N(c5ccccc5)c5ccccc5)ccc4C24c2ccccc2-c2c4ccc4oc5ccccc5c24)C32c3ccccc3-c3c2ccc2oc4ccccc4c32)cc1. The van der Waals surface area contributed by atoms with Crippen molar-refractivity contribution in [2.24, 2.45) is 0 Å². The second-order valence-electron chi connectivity index (χ2n) is 21.7. The zero-order chi connectivity index (χ0) is 52.3. The van der Waals surface area contributed by atoms with Crippen molar-refractivity contribution in [2.75, 3.05) is 9.80 Å². The summed E-state index contributed by atoms with van der Waals surface area (Å²) in [5.41, 5.74) is 26.1. The molecule has 2 heterocycles. The topological polar surface area (TPSA) is 32.8 Å². The van der Waals surface area contributed by atoms with Crippen LogP contribution < -0.4 is 9.80 Å². The minimum absolute atomic E-state index is 0.780. The van der Waals surface area contributed by atoms with Gasteiger partial charge in [-0.05, 0) is 175 Å². The van der Waals surface area contributed by atoms with Crippen LogP contribution in [-0.2, 0) is 10.8 Å². The highest BCUT2D eigenvalue weighted by Gasteiger charge is 2.64. The number of para-hydroxylation sites is 6. The Morgan fingerprint density at radius 3 is 0.963 bits per heavy atom. The summed E-state index contributed by atoms with van der Waals surface area (Å²) in [6.07, 6.45) is 0. The van der Waals surface area contributed by atoms with Gasteiger partial charge in [-0.1, -0.05) is 182 Å². The predicted molar refractivity (Wildman–Crippen MR) is 327 cm³/mol. The molecular formula is C76H46N2O2. The standard InChI is InChI=1S/C76H46N2O2/c1-5-21-47(22-6-1)77(48-23-7-2-8-24-48)51-37-39-61-57(45-51)73-74(75(61)59-33-17-13-29-53(59)69-63(75)41-43-67-71(69)55-31-15-19-35-65(55)79-67)58-46-52(78(49-25-9-3-10-26-49)50-27-11-4-12-28-50)38-40-62(58)76(73)60-34-18-14-30-54(60)70-64(76)42-44-68-72(70)56-32-16-20-36-66(56)80-68/h1-46H. The van der Waals surface area contributed by atoms with Crippen LogP contribution in [0, 0.1) is 0 Å². The van der Waals surface area contributed by atoms with E-state index in [4.69, 9.17) is 8.83 Å². The molecular weight excluding hydrogens is 973 g/mol. The third kappa shape index (κ3) is 5.49. The number of hydrogen-bond donors (Lipinski definition) is 0. The van der Waals surface area contributed by atoms with Gasteiger partial charge >= 0.3 is 0 Å². The third-order valence-electron chi connectivity index (χ3n) is 18.0. The lowest BCUT2D eigenvalue weighted by molar-refractivity contribution is 0.668. The molecule has 80 heavy (non-hydrogen) atoms. The van der Waals surface area contributed by atoms with E-state index in [0.29, 0.717) is 0 Å². The van der Waals surface area contributed by atoms with Gasteiger partial charge in [0.25, 0.3) is 0 Å². The normalized spacial score (nSPS) is 16.8. The van der Waals surface area contributed by atoms with Crippen LogP contribution in [0.1, 0.15) is 44.5 Å². The average Bonchev–Trinajstić information content (AvgIpc) is 2.12. The number of fused-ring (bicyclic) bond motifs is 26. The smallest absolute Gasteiger partial charge is 0.136 e. The van der Waals surface area contributed by atoms with Gasteiger partial charge in [-0.3, -0.25) is 0 Å².